The number of pyridine rings is 1. The van der Waals surface area contributed by atoms with Gasteiger partial charge in [0.05, 0.1) is 5.69 Å². The van der Waals surface area contributed by atoms with Gasteiger partial charge in [-0.1, -0.05) is 29.8 Å². The largest absolute Gasteiger partial charge is 0.325 e. The second-order valence-electron chi connectivity index (χ2n) is 3.93. The molecule has 1 heterocycles. The minimum Gasteiger partial charge on any atom is -0.325 e. The Labute approximate surface area is 106 Å². The molecule has 1 aromatic heterocycles. The third-order valence-electron chi connectivity index (χ3n) is 2.52. The first-order valence-corrected chi connectivity index (χ1v) is 6.60. The van der Waals surface area contributed by atoms with Gasteiger partial charge in [0.1, 0.15) is 0 Å². The van der Waals surface area contributed by atoms with Crippen molar-refractivity contribution in [3.05, 3.63) is 59.4 Å². The molecule has 0 spiro atoms. The molecule has 0 radical (unpaired) electrons. The summed E-state index contributed by atoms with van der Waals surface area (Å²) in [5, 5.41) is 0. The maximum Gasteiger partial charge on any atom is 0.0675 e. The summed E-state index contributed by atoms with van der Waals surface area (Å²) in [5.74, 6) is 0.959. The van der Waals surface area contributed by atoms with Crippen LogP contribution in [-0.4, -0.2) is 4.98 Å². The average molecular weight is 244 g/mol. The third kappa shape index (κ3) is 3.32. The zero-order chi connectivity index (χ0) is 12.1. The van der Waals surface area contributed by atoms with Crippen molar-refractivity contribution in [2.45, 2.75) is 24.1 Å². The zero-order valence-corrected chi connectivity index (χ0v) is 10.7. The second-order valence-corrected chi connectivity index (χ2v) is 4.95. The Morgan fingerprint density at radius 3 is 2.88 bits per heavy atom. The van der Waals surface area contributed by atoms with Gasteiger partial charge in [0, 0.05) is 23.4 Å². The molecule has 0 aliphatic rings. The van der Waals surface area contributed by atoms with Gasteiger partial charge in [0.2, 0.25) is 0 Å². The van der Waals surface area contributed by atoms with E-state index in [1.54, 1.807) is 18.0 Å². The molecule has 2 aromatic rings. The molecule has 2 rings (SSSR count). The van der Waals surface area contributed by atoms with Gasteiger partial charge in [-0.25, -0.2) is 0 Å². The fourth-order valence-corrected chi connectivity index (χ4v) is 2.65. The van der Waals surface area contributed by atoms with Gasteiger partial charge in [-0.15, -0.1) is 11.8 Å². The third-order valence-corrected chi connectivity index (χ3v) is 3.68. The first kappa shape index (κ1) is 12.1. The highest BCUT2D eigenvalue weighted by Gasteiger charge is 2.02. The Morgan fingerprint density at radius 1 is 1.24 bits per heavy atom. The van der Waals surface area contributed by atoms with Gasteiger partial charge in [-0.2, -0.15) is 0 Å². The molecule has 2 nitrogen and oxygen atoms in total. The molecule has 0 atom stereocenters. The predicted octanol–water partition coefficient (Wildman–Crippen LogP) is 3.14. The van der Waals surface area contributed by atoms with E-state index in [9.17, 15) is 0 Å². The van der Waals surface area contributed by atoms with E-state index in [0.717, 1.165) is 11.4 Å². The molecule has 0 aliphatic heterocycles. The Kier molecular flexibility index (Phi) is 4.18. The van der Waals surface area contributed by atoms with Crippen LogP contribution < -0.4 is 5.73 Å². The summed E-state index contributed by atoms with van der Waals surface area (Å²) in [6.45, 7) is 2.61. The number of rotatable bonds is 4. The monoisotopic (exact) mass is 244 g/mol. The SMILES string of the molecule is Cc1cccc(CSc2cccnc2CN)c1. The maximum absolute atomic E-state index is 5.67. The summed E-state index contributed by atoms with van der Waals surface area (Å²) < 4.78 is 0. The van der Waals surface area contributed by atoms with Crippen molar-refractivity contribution in [3.8, 4) is 0 Å². The molecule has 0 bridgehead atoms. The Balaban J connectivity index is 2.07. The van der Waals surface area contributed by atoms with Crippen LogP contribution in [0.2, 0.25) is 0 Å². The van der Waals surface area contributed by atoms with Crippen LogP contribution in [0.3, 0.4) is 0 Å². The number of benzene rings is 1. The van der Waals surface area contributed by atoms with Gasteiger partial charge in [-0.05, 0) is 24.6 Å². The zero-order valence-electron chi connectivity index (χ0n) is 9.89. The fraction of sp³-hybridized carbons (Fsp3) is 0.214. The molecule has 17 heavy (non-hydrogen) atoms. The van der Waals surface area contributed by atoms with Crippen LogP contribution in [0.1, 0.15) is 16.8 Å². The van der Waals surface area contributed by atoms with E-state index in [1.807, 2.05) is 6.07 Å². The lowest BCUT2D eigenvalue weighted by Gasteiger charge is -2.06. The number of thioether (sulfide) groups is 1. The van der Waals surface area contributed by atoms with E-state index < -0.39 is 0 Å². The summed E-state index contributed by atoms with van der Waals surface area (Å²) >= 11 is 1.79. The topological polar surface area (TPSA) is 38.9 Å². The molecule has 0 amide bonds. The van der Waals surface area contributed by atoms with Gasteiger partial charge < -0.3 is 5.73 Å². The van der Waals surface area contributed by atoms with Crippen molar-refractivity contribution in [2.24, 2.45) is 5.73 Å². The molecule has 1 aromatic carbocycles. The van der Waals surface area contributed by atoms with Crippen LogP contribution in [0.4, 0.5) is 0 Å². The molecule has 0 aliphatic carbocycles. The molecule has 0 fully saturated rings. The summed E-state index contributed by atoms with van der Waals surface area (Å²) in [5.41, 5.74) is 9.28. The van der Waals surface area contributed by atoms with Crippen LogP contribution in [-0.2, 0) is 12.3 Å². The van der Waals surface area contributed by atoms with E-state index in [0.29, 0.717) is 6.54 Å². The van der Waals surface area contributed by atoms with Crippen LogP contribution in [0.25, 0.3) is 0 Å². The van der Waals surface area contributed by atoms with Gasteiger partial charge in [0.25, 0.3) is 0 Å². The number of aromatic nitrogens is 1. The highest BCUT2D eigenvalue weighted by Crippen LogP contribution is 2.25. The lowest BCUT2D eigenvalue weighted by atomic mass is 10.2. The van der Waals surface area contributed by atoms with Gasteiger partial charge >= 0.3 is 0 Å². The minimum absolute atomic E-state index is 0.497. The number of hydrogen-bond donors (Lipinski definition) is 1. The Hall–Kier alpha value is -1.32. The molecule has 88 valence electrons. The van der Waals surface area contributed by atoms with Crippen LogP contribution in [0.5, 0.6) is 0 Å². The Morgan fingerprint density at radius 2 is 2.12 bits per heavy atom. The summed E-state index contributed by atoms with van der Waals surface area (Å²) in [6.07, 6.45) is 1.79. The molecular weight excluding hydrogens is 228 g/mol. The molecular formula is C14H16N2S. The minimum atomic E-state index is 0.497. The van der Waals surface area contributed by atoms with Crippen molar-refractivity contribution in [1.29, 1.82) is 0 Å². The number of nitrogens with zero attached hydrogens (tertiary/aromatic N) is 1. The van der Waals surface area contributed by atoms with E-state index in [-0.39, 0.29) is 0 Å². The van der Waals surface area contributed by atoms with Crippen molar-refractivity contribution >= 4 is 11.8 Å². The second kappa shape index (κ2) is 5.84. The number of aryl methyl sites for hydroxylation is 1. The molecule has 3 heteroatoms. The van der Waals surface area contributed by atoms with Gasteiger partial charge in [-0.3, -0.25) is 4.98 Å². The number of hydrogen-bond acceptors (Lipinski definition) is 3. The predicted molar refractivity (Wildman–Crippen MR) is 72.9 cm³/mol. The summed E-state index contributed by atoms with van der Waals surface area (Å²) in [4.78, 5) is 5.46. The van der Waals surface area contributed by atoms with Crippen molar-refractivity contribution in [3.63, 3.8) is 0 Å². The van der Waals surface area contributed by atoms with E-state index >= 15 is 0 Å². The summed E-state index contributed by atoms with van der Waals surface area (Å²) in [7, 11) is 0. The smallest absolute Gasteiger partial charge is 0.0675 e. The summed E-state index contributed by atoms with van der Waals surface area (Å²) in [6, 6.07) is 12.6. The van der Waals surface area contributed by atoms with Gasteiger partial charge in [0.15, 0.2) is 0 Å². The van der Waals surface area contributed by atoms with Crippen molar-refractivity contribution in [2.75, 3.05) is 0 Å². The maximum atomic E-state index is 5.67. The normalized spacial score (nSPS) is 10.5. The van der Waals surface area contributed by atoms with Crippen molar-refractivity contribution < 1.29 is 0 Å². The molecule has 2 N–H and O–H groups in total. The highest BCUT2D eigenvalue weighted by molar-refractivity contribution is 7.98. The molecule has 0 saturated heterocycles. The molecule has 0 saturated carbocycles. The van der Waals surface area contributed by atoms with Crippen LogP contribution in [0.15, 0.2) is 47.5 Å². The van der Waals surface area contributed by atoms with Crippen LogP contribution >= 0.6 is 11.8 Å². The average Bonchev–Trinajstić information content (AvgIpc) is 2.37. The van der Waals surface area contributed by atoms with Crippen LogP contribution in [0, 0.1) is 6.92 Å². The van der Waals surface area contributed by atoms with Crippen molar-refractivity contribution in [1.82, 2.24) is 4.98 Å². The lowest BCUT2D eigenvalue weighted by Crippen LogP contribution is -2.01. The standard InChI is InChI=1S/C14H16N2S/c1-11-4-2-5-12(8-11)10-17-14-6-3-7-16-13(14)9-15/h2-8H,9-10,15H2,1H3. The molecule has 0 unspecified atom stereocenters. The van der Waals surface area contributed by atoms with E-state index in [1.165, 1.54) is 16.0 Å². The fourth-order valence-electron chi connectivity index (χ4n) is 1.67. The lowest BCUT2D eigenvalue weighted by molar-refractivity contribution is 0.943. The first-order chi connectivity index (χ1) is 8.29. The highest BCUT2D eigenvalue weighted by atomic mass is 32.2. The quantitative estimate of drug-likeness (QED) is 0.840. The Bertz CT molecular complexity index is 497. The first-order valence-electron chi connectivity index (χ1n) is 5.62. The van der Waals surface area contributed by atoms with E-state index in [4.69, 9.17) is 5.73 Å². The number of nitrogens with two attached hydrogens (primary N) is 1. The van der Waals surface area contributed by atoms with E-state index in [2.05, 4.69) is 42.2 Å².